The SMILES string of the molecule is O=C(N[C@@H](Cc1c[nH]c2ccccc12)C(=O)Nc1ccc2c(c1)OCCCO2)c1cccs1. The van der Waals surface area contributed by atoms with Gasteiger partial charge in [0, 0.05) is 41.7 Å². The van der Waals surface area contributed by atoms with Crippen molar-refractivity contribution in [1.29, 1.82) is 0 Å². The lowest BCUT2D eigenvalue weighted by Gasteiger charge is -2.19. The highest BCUT2D eigenvalue weighted by Crippen LogP contribution is 2.32. The highest BCUT2D eigenvalue weighted by molar-refractivity contribution is 7.12. The molecule has 3 heterocycles. The summed E-state index contributed by atoms with van der Waals surface area (Å²) in [6, 6.07) is 16.0. The zero-order valence-electron chi connectivity index (χ0n) is 17.8. The fourth-order valence-electron chi connectivity index (χ4n) is 3.84. The molecule has 3 N–H and O–H groups in total. The summed E-state index contributed by atoms with van der Waals surface area (Å²) in [4.78, 5) is 29.9. The molecule has 8 heteroatoms. The largest absolute Gasteiger partial charge is 0.490 e. The molecule has 0 bridgehead atoms. The summed E-state index contributed by atoms with van der Waals surface area (Å²) in [6.07, 6.45) is 3.03. The van der Waals surface area contributed by atoms with Gasteiger partial charge in [0.1, 0.15) is 6.04 Å². The number of aromatic nitrogens is 1. The molecule has 4 aromatic rings. The number of carbonyl (C=O) groups is 2. The van der Waals surface area contributed by atoms with E-state index >= 15 is 0 Å². The molecule has 0 fully saturated rings. The number of aromatic amines is 1. The van der Waals surface area contributed by atoms with Gasteiger partial charge in [-0.05, 0) is 35.2 Å². The van der Waals surface area contributed by atoms with Crippen molar-refractivity contribution >= 4 is 39.7 Å². The number of anilines is 1. The first-order chi connectivity index (χ1) is 16.2. The number of amides is 2. The number of fused-ring (bicyclic) bond motifs is 2. The van der Waals surface area contributed by atoms with Crippen molar-refractivity contribution in [2.24, 2.45) is 0 Å². The maximum absolute atomic E-state index is 13.3. The number of hydrogen-bond donors (Lipinski definition) is 3. The lowest BCUT2D eigenvalue weighted by molar-refractivity contribution is -0.118. The highest BCUT2D eigenvalue weighted by Gasteiger charge is 2.24. The van der Waals surface area contributed by atoms with E-state index in [1.165, 1.54) is 11.3 Å². The Kier molecular flexibility index (Phi) is 5.99. The Morgan fingerprint density at radius 3 is 2.73 bits per heavy atom. The molecule has 2 aromatic carbocycles. The van der Waals surface area contributed by atoms with E-state index < -0.39 is 6.04 Å². The Hall–Kier alpha value is -3.78. The third-order valence-corrected chi connectivity index (χ3v) is 6.35. The van der Waals surface area contributed by atoms with Crippen molar-refractivity contribution in [2.45, 2.75) is 18.9 Å². The van der Waals surface area contributed by atoms with Crippen molar-refractivity contribution in [3.05, 3.63) is 76.6 Å². The van der Waals surface area contributed by atoms with Crippen LogP contribution in [0.3, 0.4) is 0 Å². The minimum Gasteiger partial charge on any atom is -0.490 e. The number of rotatable bonds is 6. The van der Waals surface area contributed by atoms with E-state index in [1.54, 1.807) is 24.3 Å². The van der Waals surface area contributed by atoms with E-state index in [2.05, 4.69) is 15.6 Å². The van der Waals surface area contributed by atoms with Gasteiger partial charge in [0.25, 0.3) is 5.91 Å². The molecule has 5 rings (SSSR count). The lowest BCUT2D eigenvalue weighted by atomic mass is 10.0. The highest BCUT2D eigenvalue weighted by atomic mass is 32.1. The second kappa shape index (κ2) is 9.38. The number of thiophene rings is 1. The second-order valence-corrected chi connectivity index (χ2v) is 8.72. The molecule has 33 heavy (non-hydrogen) atoms. The smallest absolute Gasteiger partial charge is 0.262 e. The van der Waals surface area contributed by atoms with Gasteiger partial charge in [0.15, 0.2) is 11.5 Å². The molecule has 1 aliphatic heterocycles. The minimum atomic E-state index is -0.769. The third kappa shape index (κ3) is 4.70. The number of carbonyl (C=O) groups excluding carboxylic acids is 2. The Morgan fingerprint density at radius 2 is 1.88 bits per heavy atom. The Bertz CT molecular complexity index is 1280. The van der Waals surface area contributed by atoms with E-state index in [4.69, 9.17) is 9.47 Å². The second-order valence-electron chi connectivity index (χ2n) is 7.77. The molecule has 0 unspecified atom stereocenters. The van der Waals surface area contributed by atoms with Crippen LogP contribution in [-0.4, -0.2) is 36.1 Å². The van der Waals surface area contributed by atoms with Crippen molar-refractivity contribution in [3.8, 4) is 11.5 Å². The average molecular weight is 462 g/mol. The van der Waals surface area contributed by atoms with Crippen LogP contribution in [-0.2, 0) is 11.2 Å². The number of nitrogens with one attached hydrogen (secondary N) is 3. The normalized spacial score (nSPS) is 13.8. The summed E-state index contributed by atoms with van der Waals surface area (Å²) < 4.78 is 11.4. The van der Waals surface area contributed by atoms with Crippen molar-refractivity contribution in [3.63, 3.8) is 0 Å². The zero-order chi connectivity index (χ0) is 22.6. The quantitative estimate of drug-likeness (QED) is 0.398. The molecule has 168 valence electrons. The first-order valence-electron chi connectivity index (χ1n) is 10.8. The Balaban J connectivity index is 1.39. The Labute approximate surface area is 194 Å². The van der Waals surface area contributed by atoms with Gasteiger partial charge < -0.3 is 25.1 Å². The van der Waals surface area contributed by atoms with E-state index in [0.29, 0.717) is 41.7 Å². The van der Waals surface area contributed by atoms with Crippen LogP contribution in [0, 0.1) is 0 Å². The summed E-state index contributed by atoms with van der Waals surface area (Å²) in [5.41, 5.74) is 2.52. The van der Waals surface area contributed by atoms with Crippen LogP contribution in [0.5, 0.6) is 11.5 Å². The Morgan fingerprint density at radius 1 is 1.03 bits per heavy atom. The number of para-hydroxylation sites is 1. The van der Waals surface area contributed by atoms with Crippen LogP contribution >= 0.6 is 11.3 Å². The summed E-state index contributed by atoms with van der Waals surface area (Å²) >= 11 is 1.34. The van der Waals surface area contributed by atoms with Crippen molar-refractivity contribution in [1.82, 2.24) is 10.3 Å². The van der Waals surface area contributed by atoms with E-state index in [0.717, 1.165) is 22.9 Å². The van der Waals surface area contributed by atoms with Gasteiger partial charge in [0.05, 0.1) is 18.1 Å². The standard InChI is InChI=1S/C25H23N3O4S/c29-24(27-17-8-9-21-22(14-17)32-11-4-10-31-21)20(28-25(30)23-7-3-12-33-23)13-16-15-26-19-6-2-1-5-18(16)19/h1-3,5-9,12,14-15,20,26H,4,10-11,13H2,(H,27,29)(H,28,30)/t20-/m0/s1. The number of benzene rings is 2. The molecular formula is C25H23N3O4S. The maximum atomic E-state index is 13.3. The fraction of sp³-hybridized carbons (Fsp3) is 0.200. The minimum absolute atomic E-state index is 0.274. The van der Waals surface area contributed by atoms with Crippen LogP contribution in [0.1, 0.15) is 21.7 Å². The molecular weight excluding hydrogens is 438 g/mol. The molecule has 2 aromatic heterocycles. The number of H-pyrrole nitrogens is 1. The first-order valence-corrected chi connectivity index (χ1v) is 11.7. The summed E-state index contributed by atoms with van der Waals surface area (Å²) in [5, 5.41) is 8.69. The van der Waals surface area contributed by atoms with E-state index in [1.807, 2.05) is 41.9 Å². The van der Waals surface area contributed by atoms with Gasteiger partial charge in [-0.1, -0.05) is 24.3 Å². The van der Waals surface area contributed by atoms with Crippen LogP contribution in [0.25, 0.3) is 10.9 Å². The van der Waals surface area contributed by atoms with Gasteiger partial charge in [-0.2, -0.15) is 0 Å². The summed E-state index contributed by atoms with van der Waals surface area (Å²) in [6.45, 7) is 1.16. The number of ether oxygens (including phenoxy) is 2. The van der Waals surface area contributed by atoms with E-state index in [9.17, 15) is 9.59 Å². The van der Waals surface area contributed by atoms with Crippen LogP contribution in [0.2, 0.25) is 0 Å². The lowest BCUT2D eigenvalue weighted by Crippen LogP contribution is -2.45. The predicted octanol–water partition coefficient (Wildman–Crippen LogP) is 4.37. The summed E-state index contributed by atoms with van der Waals surface area (Å²) in [5.74, 6) is 0.677. The fourth-order valence-corrected chi connectivity index (χ4v) is 4.46. The van der Waals surface area contributed by atoms with Gasteiger partial charge >= 0.3 is 0 Å². The zero-order valence-corrected chi connectivity index (χ0v) is 18.6. The van der Waals surface area contributed by atoms with Crippen molar-refractivity contribution < 1.29 is 19.1 Å². The topological polar surface area (TPSA) is 92.5 Å². The number of hydrogen-bond acceptors (Lipinski definition) is 5. The molecule has 2 amide bonds. The monoisotopic (exact) mass is 461 g/mol. The molecule has 1 aliphatic rings. The molecule has 0 saturated carbocycles. The van der Waals surface area contributed by atoms with Crippen molar-refractivity contribution in [2.75, 3.05) is 18.5 Å². The summed E-state index contributed by atoms with van der Waals surface area (Å²) in [7, 11) is 0. The van der Waals surface area contributed by atoms with Crippen LogP contribution in [0.4, 0.5) is 5.69 Å². The molecule has 0 saturated heterocycles. The molecule has 1 atom stereocenters. The third-order valence-electron chi connectivity index (χ3n) is 5.48. The van der Waals surface area contributed by atoms with Gasteiger partial charge in [-0.15, -0.1) is 11.3 Å². The maximum Gasteiger partial charge on any atom is 0.262 e. The molecule has 7 nitrogen and oxygen atoms in total. The van der Waals surface area contributed by atoms with Gasteiger partial charge in [0.2, 0.25) is 5.91 Å². The predicted molar refractivity (Wildman–Crippen MR) is 128 cm³/mol. The van der Waals surface area contributed by atoms with Gasteiger partial charge in [-0.25, -0.2) is 0 Å². The van der Waals surface area contributed by atoms with Crippen LogP contribution in [0.15, 0.2) is 66.2 Å². The van der Waals surface area contributed by atoms with E-state index in [-0.39, 0.29) is 11.8 Å². The average Bonchev–Trinajstić information content (AvgIpc) is 3.45. The van der Waals surface area contributed by atoms with Gasteiger partial charge in [-0.3, -0.25) is 9.59 Å². The van der Waals surface area contributed by atoms with Crippen LogP contribution < -0.4 is 20.1 Å². The molecule has 0 aliphatic carbocycles. The molecule has 0 spiro atoms. The molecule has 0 radical (unpaired) electrons. The first kappa shape index (κ1) is 21.1.